The quantitative estimate of drug-likeness (QED) is 0.920. The second-order valence-electron chi connectivity index (χ2n) is 4.84. The predicted molar refractivity (Wildman–Crippen MR) is 78.4 cm³/mol. The maximum atomic E-state index is 9.46. The molecule has 0 saturated heterocycles. The van der Waals surface area contributed by atoms with Crippen molar-refractivity contribution in [2.75, 3.05) is 0 Å². The van der Waals surface area contributed by atoms with E-state index >= 15 is 0 Å². The summed E-state index contributed by atoms with van der Waals surface area (Å²) in [6.07, 6.45) is 2.30. The van der Waals surface area contributed by atoms with E-state index in [-0.39, 0.29) is 6.61 Å². The molecule has 1 aliphatic rings. The van der Waals surface area contributed by atoms with Crippen LogP contribution in [0.2, 0.25) is 5.15 Å². The molecule has 0 atom stereocenters. The second kappa shape index (κ2) is 5.27. The molecule has 19 heavy (non-hydrogen) atoms. The standard InChI is InChI=1S/C14H14BrClN2O/c15-12-4-2-1-3-10(12)7-18-14(16)11(8-19)13(17-18)9-5-6-9/h1-4,9,19H,5-8H2. The topological polar surface area (TPSA) is 38.1 Å². The molecule has 1 N–H and O–H groups in total. The molecule has 100 valence electrons. The lowest BCUT2D eigenvalue weighted by molar-refractivity contribution is 0.280. The number of nitrogens with zero attached hydrogens (tertiary/aromatic N) is 2. The molecule has 1 aromatic carbocycles. The molecule has 2 aromatic rings. The zero-order chi connectivity index (χ0) is 13.4. The van der Waals surface area contributed by atoms with Crippen LogP contribution in [0.15, 0.2) is 28.7 Å². The van der Waals surface area contributed by atoms with E-state index in [0.717, 1.165) is 34.1 Å². The number of benzene rings is 1. The first-order chi connectivity index (χ1) is 9.20. The van der Waals surface area contributed by atoms with Crippen molar-refractivity contribution in [3.05, 3.63) is 50.7 Å². The van der Waals surface area contributed by atoms with Crippen LogP contribution in [-0.2, 0) is 13.2 Å². The van der Waals surface area contributed by atoms with Crippen molar-refractivity contribution in [3.8, 4) is 0 Å². The SMILES string of the molecule is OCc1c(C2CC2)nn(Cc2ccccc2Br)c1Cl. The van der Waals surface area contributed by atoms with Crippen molar-refractivity contribution < 1.29 is 5.11 Å². The molecule has 1 fully saturated rings. The summed E-state index contributed by atoms with van der Waals surface area (Å²) < 4.78 is 2.82. The molecule has 5 heteroatoms. The molecule has 3 nitrogen and oxygen atoms in total. The summed E-state index contributed by atoms with van der Waals surface area (Å²) in [4.78, 5) is 0. The maximum absolute atomic E-state index is 9.46. The molecule has 0 spiro atoms. The van der Waals surface area contributed by atoms with Gasteiger partial charge in [0.1, 0.15) is 5.15 Å². The van der Waals surface area contributed by atoms with Gasteiger partial charge in [-0.3, -0.25) is 0 Å². The van der Waals surface area contributed by atoms with Crippen LogP contribution in [0, 0.1) is 0 Å². The summed E-state index contributed by atoms with van der Waals surface area (Å²) in [5.41, 5.74) is 2.88. The normalized spacial score (nSPS) is 14.9. The number of aromatic nitrogens is 2. The van der Waals surface area contributed by atoms with Crippen LogP contribution in [0.25, 0.3) is 0 Å². The molecular weight excluding hydrogens is 328 g/mol. The summed E-state index contributed by atoms with van der Waals surface area (Å²) in [5.74, 6) is 0.486. The molecule has 0 radical (unpaired) electrons. The molecule has 0 bridgehead atoms. The van der Waals surface area contributed by atoms with E-state index in [2.05, 4.69) is 21.0 Å². The molecule has 0 unspecified atom stereocenters. The average molecular weight is 342 g/mol. The monoisotopic (exact) mass is 340 g/mol. The van der Waals surface area contributed by atoms with E-state index < -0.39 is 0 Å². The molecule has 3 rings (SSSR count). The van der Waals surface area contributed by atoms with Crippen molar-refractivity contribution in [1.29, 1.82) is 0 Å². The van der Waals surface area contributed by atoms with Crippen molar-refractivity contribution in [1.82, 2.24) is 9.78 Å². The summed E-state index contributed by atoms with van der Waals surface area (Å²) >= 11 is 9.86. The van der Waals surface area contributed by atoms with Crippen molar-refractivity contribution in [2.45, 2.75) is 31.9 Å². The van der Waals surface area contributed by atoms with Crippen molar-refractivity contribution in [3.63, 3.8) is 0 Å². The molecule has 1 heterocycles. The number of hydrogen-bond donors (Lipinski definition) is 1. The molecule has 1 aliphatic carbocycles. The van der Waals surface area contributed by atoms with Gasteiger partial charge < -0.3 is 5.11 Å². The fourth-order valence-corrected chi connectivity index (χ4v) is 2.88. The van der Waals surface area contributed by atoms with Gasteiger partial charge in [0.05, 0.1) is 18.8 Å². The highest BCUT2D eigenvalue weighted by Gasteiger charge is 2.31. The number of rotatable bonds is 4. The zero-order valence-corrected chi connectivity index (χ0v) is 12.7. The Bertz CT molecular complexity index is 607. The van der Waals surface area contributed by atoms with E-state index in [1.54, 1.807) is 4.68 Å². The van der Waals surface area contributed by atoms with Crippen LogP contribution < -0.4 is 0 Å². The minimum Gasteiger partial charge on any atom is -0.391 e. The Balaban J connectivity index is 1.95. The van der Waals surface area contributed by atoms with Gasteiger partial charge >= 0.3 is 0 Å². The van der Waals surface area contributed by atoms with Gasteiger partial charge in [0.2, 0.25) is 0 Å². The smallest absolute Gasteiger partial charge is 0.133 e. The van der Waals surface area contributed by atoms with Crippen molar-refractivity contribution >= 4 is 27.5 Å². The third-order valence-corrected chi connectivity index (χ3v) is 4.61. The van der Waals surface area contributed by atoms with Gasteiger partial charge in [-0.05, 0) is 24.5 Å². The minimum absolute atomic E-state index is 0.0410. The van der Waals surface area contributed by atoms with Crippen molar-refractivity contribution in [2.24, 2.45) is 0 Å². The number of hydrogen-bond acceptors (Lipinski definition) is 2. The number of aliphatic hydroxyl groups is 1. The molecule has 1 aromatic heterocycles. The van der Waals surface area contributed by atoms with Crippen LogP contribution in [-0.4, -0.2) is 14.9 Å². The Morgan fingerprint density at radius 3 is 2.74 bits per heavy atom. The Kier molecular flexibility index (Phi) is 3.65. The molecule has 0 amide bonds. The fourth-order valence-electron chi connectivity index (χ4n) is 2.22. The molecule has 0 aliphatic heterocycles. The van der Waals surface area contributed by atoms with Gasteiger partial charge in [0.25, 0.3) is 0 Å². The Hall–Kier alpha value is -0.840. The first-order valence-electron chi connectivity index (χ1n) is 6.30. The number of halogens is 2. The lowest BCUT2D eigenvalue weighted by atomic mass is 10.2. The van der Waals surface area contributed by atoms with Crippen LogP contribution in [0.1, 0.15) is 35.6 Å². The highest BCUT2D eigenvalue weighted by molar-refractivity contribution is 9.10. The van der Waals surface area contributed by atoms with Gasteiger partial charge in [-0.15, -0.1) is 0 Å². The maximum Gasteiger partial charge on any atom is 0.133 e. The van der Waals surface area contributed by atoms with Gasteiger partial charge in [-0.25, -0.2) is 4.68 Å². The summed E-state index contributed by atoms with van der Waals surface area (Å²) in [6.45, 7) is 0.570. The Morgan fingerprint density at radius 2 is 2.11 bits per heavy atom. The van der Waals surface area contributed by atoms with Crippen LogP contribution in [0.3, 0.4) is 0 Å². The summed E-state index contributed by atoms with van der Waals surface area (Å²) in [7, 11) is 0. The fraction of sp³-hybridized carbons (Fsp3) is 0.357. The average Bonchev–Trinajstić information content (AvgIpc) is 3.19. The van der Waals surface area contributed by atoms with Crippen LogP contribution >= 0.6 is 27.5 Å². The van der Waals surface area contributed by atoms with E-state index in [4.69, 9.17) is 11.6 Å². The van der Waals surface area contributed by atoms with Gasteiger partial charge in [0.15, 0.2) is 0 Å². The van der Waals surface area contributed by atoms with Gasteiger partial charge in [-0.1, -0.05) is 45.7 Å². The summed E-state index contributed by atoms with van der Waals surface area (Å²) in [5, 5.41) is 14.6. The van der Waals surface area contributed by atoms with E-state index in [1.807, 2.05) is 24.3 Å². The lowest BCUT2D eigenvalue weighted by Crippen LogP contribution is -2.03. The molecule has 1 saturated carbocycles. The second-order valence-corrected chi connectivity index (χ2v) is 6.05. The largest absolute Gasteiger partial charge is 0.391 e. The highest BCUT2D eigenvalue weighted by Crippen LogP contribution is 2.42. The minimum atomic E-state index is -0.0410. The third kappa shape index (κ3) is 2.57. The van der Waals surface area contributed by atoms with E-state index in [9.17, 15) is 5.11 Å². The number of aliphatic hydroxyl groups excluding tert-OH is 1. The van der Waals surface area contributed by atoms with E-state index in [0.29, 0.717) is 17.6 Å². The first kappa shape index (κ1) is 13.2. The lowest BCUT2D eigenvalue weighted by Gasteiger charge is -2.05. The Labute approximate surface area is 125 Å². The predicted octanol–water partition coefficient (Wildman–Crippen LogP) is 3.72. The van der Waals surface area contributed by atoms with Gasteiger partial charge in [0, 0.05) is 16.0 Å². The first-order valence-corrected chi connectivity index (χ1v) is 7.47. The zero-order valence-electron chi connectivity index (χ0n) is 10.3. The van der Waals surface area contributed by atoms with Crippen LogP contribution in [0.5, 0.6) is 0 Å². The highest BCUT2D eigenvalue weighted by atomic mass is 79.9. The van der Waals surface area contributed by atoms with E-state index in [1.165, 1.54) is 0 Å². The third-order valence-electron chi connectivity index (χ3n) is 3.41. The Morgan fingerprint density at radius 1 is 1.37 bits per heavy atom. The summed E-state index contributed by atoms with van der Waals surface area (Å²) in [6, 6.07) is 8.01. The molecular formula is C14H14BrClN2O. The van der Waals surface area contributed by atoms with Gasteiger partial charge in [-0.2, -0.15) is 5.10 Å². The van der Waals surface area contributed by atoms with Crippen LogP contribution in [0.4, 0.5) is 0 Å².